The van der Waals surface area contributed by atoms with Gasteiger partial charge in [-0.1, -0.05) is 18.2 Å². The Balaban J connectivity index is 1.39. The monoisotopic (exact) mass is 356 g/mol. The van der Waals surface area contributed by atoms with Crippen molar-refractivity contribution in [1.82, 2.24) is 10.2 Å². The van der Waals surface area contributed by atoms with Crippen LogP contribution in [0.4, 0.5) is 4.39 Å². The fourth-order valence-electron chi connectivity index (χ4n) is 3.01. The summed E-state index contributed by atoms with van der Waals surface area (Å²) < 4.78 is 18.5. The topological polar surface area (TPSA) is 58.6 Å². The molecule has 0 fully saturated rings. The molecule has 6 heteroatoms. The van der Waals surface area contributed by atoms with Gasteiger partial charge in [-0.3, -0.25) is 14.5 Å². The normalized spacial score (nSPS) is 13.2. The quantitative estimate of drug-likeness (QED) is 0.584. The van der Waals surface area contributed by atoms with Crippen molar-refractivity contribution < 1.29 is 18.7 Å². The van der Waals surface area contributed by atoms with Crippen LogP contribution in [0.1, 0.15) is 39.1 Å². The van der Waals surface area contributed by atoms with Gasteiger partial charge < -0.3 is 10.1 Å². The molecule has 136 valence electrons. The standard InChI is InChI=1S/C20H21FN2O3/c1-26-18-9-8-14(12-17(18)21)13-22-10-4-5-11-23-19(24)15-6-2-3-7-16(15)20(23)25/h2-3,6-9,12,22H,4-5,10-11,13H2,1H3. The van der Waals surface area contributed by atoms with Crippen molar-refractivity contribution in [2.24, 2.45) is 0 Å². The van der Waals surface area contributed by atoms with E-state index >= 15 is 0 Å². The summed E-state index contributed by atoms with van der Waals surface area (Å²) in [7, 11) is 1.44. The van der Waals surface area contributed by atoms with E-state index in [4.69, 9.17) is 4.74 Å². The summed E-state index contributed by atoms with van der Waals surface area (Å²) in [4.78, 5) is 25.8. The van der Waals surface area contributed by atoms with Crippen molar-refractivity contribution in [1.29, 1.82) is 0 Å². The third-order valence-corrected chi connectivity index (χ3v) is 4.41. The van der Waals surface area contributed by atoms with E-state index in [0.29, 0.717) is 24.2 Å². The molecular formula is C20H21FN2O3. The Morgan fingerprint density at radius 3 is 2.35 bits per heavy atom. The van der Waals surface area contributed by atoms with Crippen LogP contribution in [0, 0.1) is 5.82 Å². The molecule has 26 heavy (non-hydrogen) atoms. The van der Waals surface area contributed by atoms with Crippen LogP contribution in [-0.4, -0.2) is 36.9 Å². The van der Waals surface area contributed by atoms with Crippen LogP contribution in [0.5, 0.6) is 5.75 Å². The Morgan fingerprint density at radius 2 is 1.73 bits per heavy atom. The van der Waals surface area contributed by atoms with Gasteiger partial charge in [0.15, 0.2) is 11.6 Å². The predicted molar refractivity (Wildman–Crippen MR) is 95.7 cm³/mol. The third-order valence-electron chi connectivity index (χ3n) is 4.41. The van der Waals surface area contributed by atoms with Gasteiger partial charge in [-0.2, -0.15) is 0 Å². The molecule has 0 radical (unpaired) electrons. The van der Waals surface area contributed by atoms with E-state index in [1.54, 1.807) is 30.3 Å². The van der Waals surface area contributed by atoms with E-state index in [9.17, 15) is 14.0 Å². The van der Waals surface area contributed by atoms with E-state index in [-0.39, 0.29) is 23.4 Å². The number of hydrogen-bond donors (Lipinski definition) is 1. The largest absolute Gasteiger partial charge is 0.494 e. The lowest BCUT2D eigenvalue weighted by Crippen LogP contribution is -2.31. The third kappa shape index (κ3) is 3.75. The molecule has 1 aliphatic heterocycles. The number of ether oxygens (including phenoxy) is 1. The lowest BCUT2D eigenvalue weighted by Gasteiger charge is -2.13. The Bertz CT molecular complexity index is 787. The van der Waals surface area contributed by atoms with Crippen molar-refractivity contribution in [3.05, 3.63) is 65.0 Å². The van der Waals surface area contributed by atoms with Crippen molar-refractivity contribution in [3.63, 3.8) is 0 Å². The molecule has 0 aliphatic carbocycles. The van der Waals surface area contributed by atoms with Crippen LogP contribution in [0.25, 0.3) is 0 Å². The van der Waals surface area contributed by atoms with Gasteiger partial charge >= 0.3 is 0 Å². The first-order chi connectivity index (χ1) is 12.6. The maximum absolute atomic E-state index is 13.6. The lowest BCUT2D eigenvalue weighted by molar-refractivity contribution is 0.0651. The van der Waals surface area contributed by atoms with Crippen LogP contribution in [-0.2, 0) is 6.54 Å². The lowest BCUT2D eigenvalue weighted by atomic mass is 10.1. The number of rotatable bonds is 8. The summed E-state index contributed by atoms with van der Waals surface area (Å²) in [5.41, 5.74) is 1.80. The molecule has 0 saturated carbocycles. The first kappa shape index (κ1) is 18.1. The van der Waals surface area contributed by atoms with Gasteiger partial charge in [-0.05, 0) is 49.2 Å². The molecule has 2 aromatic rings. The minimum Gasteiger partial charge on any atom is -0.494 e. The zero-order valence-electron chi connectivity index (χ0n) is 14.6. The number of benzene rings is 2. The molecule has 0 spiro atoms. The molecule has 0 atom stereocenters. The van der Waals surface area contributed by atoms with E-state index in [0.717, 1.165) is 24.9 Å². The smallest absolute Gasteiger partial charge is 0.261 e. The molecule has 1 heterocycles. The number of imide groups is 1. The van der Waals surface area contributed by atoms with Gasteiger partial charge in [0, 0.05) is 13.1 Å². The summed E-state index contributed by atoms with van der Waals surface area (Å²) in [5.74, 6) is -0.577. The van der Waals surface area contributed by atoms with Gasteiger partial charge in [0.2, 0.25) is 0 Å². The van der Waals surface area contributed by atoms with Crippen LogP contribution < -0.4 is 10.1 Å². The van der Waals surface area contributed by atoms with Gasteiger partial charge in [-0.25, -0.2) is 4.39 Å². The fraction of sp³-hybridized carbons (Fsp3) is 0.300. The predicted octanol–water partition coefficient (Wildman–Crippen LogP) is 3.00. The average molecular weight is 356 g/mol. The number of carbonyl (C=O) groups excluding carboxylic acids is 2. The molecule has 0 bridgehead atoms. The highest BCUT2D eigenvalue weighted by molar-refractivity contribution is 6.21. The summed E-state index contributed by atoms with van der Waals surface area (Å²) in [6, 6.07) is 11.8. The number of hydrogen-bond acceptors (Lipinski definition) is 4. The zero-order valence-corrected chi connectivity index (χ0v) is 14.6. The van der Waals surface area contributed by atoms with Crippen LogP contribution >= 0.6 is 0 Å². The minimum absolute atomic E-state index is 0.215. The summed E-state index contributed by atoms with van der Waals surface area (Å²) in [6.45, 7) is 1.68. The van der Waals surface area contributed by atoms with E-state index < -0.39 is 0 Å². The summed E-state index contributed by atoms with van der Waals surface area (Å²) in [6.07, 6.45) is 1.53. The number of amides is 2. The molecular weight excluding hydrogens is 335 g/mol. The number of fused-ring (bicyclic) bond motifs is 1. The van der Waals surface area contributed by atoms with Gasteiger partial charge in [0.05, 0.1) is 18.2 Å². The molecule has 1 aliphatic rings. The Hall–Kier alpha value is -2.73. The number of nitrogens with zero attached hydrogens (tertiary/aromatic N) is 1. The zero-order chi connectivity index (χ0) is 18.5. The Morgan fingerprint density at radius 1 is 1.04 bits per heavy atom. The highest BCUT2D eigenvalue weighted by Gasteiger charge is 2.34. The van der Waals surface area contributed by atoms with Crippen LogP contribution in [0.3, 0.4) is 0 Å². The highest BCUT2D eigenvalue weighted by atomic mass is 19.1. The fourth-order valence-corrected chi connectivity index (χ4v) is 3.01. The highest BCUT2D eigenvalue weighted by Crippen LogP contribution is 2.22. The maximum Gasteiger partial charge on any atom is 0.261 e. The average Bonchev–Trinajstić information content (AvgIpc) is 2.89. The number of unbranched alkanes of at least 4 members (excludes halogenated alkanes) is 1. The Labute approximate surface area is 151 Å². The first-order valence-electron chi connectivity index (χ1n) is 8.60. The molecule has 2 amide bonds. The second-order valence-corrected chi connectivity index (χ2v) is 6.16. The maximum atomic E-state index is 13.6. The molecule has 0 aromatic heterocycles. The van der Waals surface area contributed by atoms with Gasteiger partial charge in [-0.15, -0.1) is 0 Å². The van der Waals surface area contributed by atoms with Crippen molar-refractivity contribution in [2.75, 3.05) is 20.2 Å². The molecule has 0 saturated heterocycles. The number of carbonyl (C=O) groups is 2. The van der Waals surface area contributed by atoms with Crippen molar-refractivity contribution in [3.8, 4) is 5.75 Å². The van der Waals surface area contributed by atoms with Crippen LogP contribution in [0.15, 0.2) is 42.5 Å². The molecule has 2 aromatic carbocycles. The second-order valence-electron chi connectivity index (χ2n) is 6.16. The van der Waals surface area contributed by atoms with Crippen LogP contribution in [0.2, 0.25) is 0 Å². The van der Waals surface area contributed by atoms with Gasteiger partial charge in [0.25, 0.3) is 11.8 Å². The SMILES string of the molecule is COc1ccc(CNCCCCN2C(=O)c3ccccc3C2=O)cc1F. The van der Waals surface area contributed by atoms with Gasteiger partial charge in [0.1, 0.15) is 0 Å². The van der Waals surface area contributed by atoms with E-state index in [2.05, 4.69) is 5.32 Å². The molecule has 0 unspecified atom stereocenters. The number of nitrogens with one attached hydrogen (secondary N) is 1. The second kappa shape index (κ2) is 8.10. The molecule has 3 rings (SSSR count). The summed E-state index contributed by atoms with van der Waals surface area (Å²) >= 11 is 0. The minimum atomic E-state index is -0.377. The molecule has 1 N–H and O–H groups in total. The molecule has 5 nitrogen and oxygen atoms in total. The number of methoxy groups -OCH3 is 1. The number of halogens is 1. The van der Waals surface area contributed by atoms with E-state index in [1.165, 1.54) is 18.1 Å². The summed E-state index contributed by atoms with van der Waals surface area (Å²) in [5, 5.41) is 3.24. The Kier molecular flexibility index (Phi) is 5.63. The van der Waals surface area contributed by atoms with Crippen molar-refractivity contribution in [2.45, 2.75) is 19.4 Å². The van der Waals surface area contributed by atoms with Crippen molar-refractivity contribution >= 4 is 11.8 Å². The first-order valence-corrected chi connectivity index (χ1v) is 8.60. The van der Waals surface area contributed by atoms with E-state index in [1.807, 2.05) is 6.07 Å².